The van der Waals surface area contributed by atoms with Gasteiger partial charge in [0.1, 0.15) is 5.60 Å². The Morgan fingerprint density at radius 2 is 1.69 bits per heavy atom. The van der Waals surface area contributed by atoms with Crippen LogP contribution in [0.1, 0.15) is 99.3 Å². The molecule has 1 amide bonds. The van der Waals surface area contributed by atoms with E-state index >= 15 is 0 Å². The quantitative estimate of drug-likeness (QED) is 0.498. The first-order valence-electron chi connectivity index (χ1n) is 13.2. The second-order valence-electron chi connectivity index (χ2n) is 13.2. The summed E-state index contributed by atoms with van der Waals surface area (Å²) < 4.78 is 5.69. The Kier molecular flexibility index (Phi) is 6.42. The number of amides is 1. The molecule has 5 nitrogen and oxygen atoms in total. The van der Waals surface area contributed by atoms with E-state index in [4.69, 9.17) is 4.74 Å². The molecule has 32 heavy (non-hydrogen) atoms. The molecule has 0 aromatic carbocycles. The predicted molar refractivity (Wildman–Crippen MR) is 126 cm³/mol. The van der Waals surface area contributed by atoms with Crippen molar-refractivity contribution in [2.24, 2.45) is 46.3 Å². The molecule has 0 saturated heterocycles. The molecule has 3 N–H and O–H groups in total. The summed E-state index contributed by atoms with van der Waals surface area (Å²) in [5.41, 5.74) is -0.0176. The fourth-order valence-electron chi connectivity index (χ4n) is 9.02. The van der Waals surface area contributed by atoms with Gasteiger partial charge in [-0.25, -0.2) is 4.79 Å². The Morgan fingerprint density at radius 1 is 1.00 bits per heavy atom. The molecule has 0 aromatic rings. The van der Waals surface area contributed by atoms with E-state index in [0.29, 0.717) is 35.0 Å². The number of ether oxygens (including phenoxy) is 1. The third kappa shape index (κ3) is 4.10. The number of nitrogens with one attached hydrogen (secondary N) is 1. The van der Waals surface area contributed by atoms with Crippen LogP contribution in [0.15, 0.2) is 0 Å². The van der Waals surface area contributed by atoms with Gasteiger partial charge in [-0.3, -0.25) is 0 Å². The molecule has 4 rings (SSSR count). The van der Waals surface area contributed by atoms with Crippen LogP contribution in [-0.2, 0) is 4.74 Å². The zero-order valence-corrected chi connectivity index (χ0v) is 21.2. The summed E-state index contributed by atoms with van der Waals surface area (Å²) in [5.74, 6) is 2.50. The Bertz CT molecular complexity index is 702. The van der Waals surface area contributed by atoms with Gasteiger partial charge in [0, 0.05) is 12.0 Å². The molecule has 4 aliphatic rings. The van der Waals surface area contributed by atoms with Gasteiger partial charge in [-0.1, -0.05) is 33.6 Å². The van der Waals surface area contributed by atoms with E-state index in [1.807, 2.05) is 27.7 Å². The lowest BCUT2D eigenvalue weighted by Crippen LogP contribution is -2.61. The number of rotatable bonds is 3. The lowest BCUT2D eigenvalue weighted by Gasteiger charge is -2.63. The Hall–Kier alpha value is -0.810. The second kappa shape index (κ2) is 8.45. The highest BCUT2D eigenvalue weighted by molar-refractivity contribution is 5.68. The summed E-state index contributed by atoms with van der Waals surface area (Å²) >= 11 is 0. The van der Waals surface area contributed by atoms with Crippen LogP contribution < -0.4 is 5.32 Å². The summed E-state index contributed by atoms with van der Waals surface area (Å²) in [6.45, 7) is 12.7. The highest BCUT2D eigenvalue weighted by Crippen LogP contribution is 2.68. The van der Waals surface area contributed by atoms with Crippen molar-refractivity contribution in [1.82, 2.24) is 5.32 Å². The fourth-order valence-corrected chi connectivity index (χ4v) is 9.02. The highest BCUT2D eigenvalue weighted by atomic mass is 16.6. The standard InChI is InChI=1S/C27H47NO4/c1-16(23(29)30)18-10-11-19-22-20(12-14-27(18,19)6)26(5)13-8-7-9-17(26)15-21(22)28-24(31)32-25(2,3)4/h16-23,29-30H,7-15H2,1-6H3,(H,28,31)/t16-,17+,18?,19?,20?,21+,22?,26-,27+/m0/s1. The largest absolute Gasteiger partial charge is 0.444 e. The first-order valence-corrected chi connectivity index (χ1v) is 13.2. The molecule has 184 valence electrons. The molecule has 4 fully saturated rings. The molecule has 4 aliphatic carbocycles. The van der Waals surface area contributed by atoms with E-state index in [-0.39, 0.29) is 23.5 Å². The zero-order chi connectivity index (χ0) is 23.5. The third-order valence-corrected chi connectivity index (χ3v) is 10.5. The number of hydrogen-bond donors (Lipinski definition) is 3. The lowest BCUT2D eigenvalue weighted by molar-refractivity contribution is -0.147. The van der Waals surface area contributed by atoms with Crippen LogP contribution in [0.4, 0.5) is 4.79 Å². The summed E-state index contributed by atoms with van der Waals surface area (Å²) in [4.78, 5) is 12.9. The van der Waals surface area contributed by atoms with Gasteiger partial charge in [-0.15, -0.1) is 0 Å². The van der Waals surface area contributed by atoms with Gasteiger partial charge in [-0.05, 0) is 106 Å². The average Bonchev–Trinajstić information content (AvgIpc) is 3.03. The lowest BCUT2D eigenvalue weighted by atomic mass is 9.43. The third-order valence-electron chi connectivity index (χ3n) is 10.5. The van der Waals surface area contributed by atoms with E-state index in [1.54, 1.807) is 0 Å². The molecule has 4 saturated carbocycles. The fraction of sp³-hybridized carbons (Fsp3) is 0.963. The van der Waals surface area contributed by atoms with Crippen LogP contribution in [-0.4, -0.2) is 34.2 Å². The van der Waals surface area contributed by atoms with Gasteiger partial charge >= 0.3 is 6.09 Å². The number of aliphatic hydroxyl groups excluding tert-OH is 1. The summed E-state index contributed by atoms with van der Waals surface area (Å²) in [6.07, 6.45) is 9.33. The van der Waals surface area contributed by atoms with Crippen LogP contribution in [0.3, 0.4) is 0 Å². The molecule has 0 spiro atoms. The summed E-state index contributed by atoms with van der Waals surface area (Å²) in [5, 5.41) is 23.3. The first kappa shape index (κ1) is 24.3. The Balaban J connectivity index is 1.65. The molecule has 0 aromatic heterocycles. The van der Waals surface area contributed by atoms with Crippen molar-refractivity contribution in [2.75, 3.05) is 0 Å². The van der Waals surface area contributed by atoms with Gasteiger partial charge in [0.2, 0.25) is 0 Å². The first-order chi connectivity index (χ1) is 14.9. The van der Waals surface area contributed by atoms with Gasteiger partial charge in [0.25, 0.3) is 0 Å². The topological polar surface area (TPSA) is 78.8 Å². The molecule has 4 unspecified atom stereocenters. The van der Waals surface area contributed by atoms with Gasteiger partial charge in [0.05, 0.1) is 0 Å². The smallest absolute Gasteiger partial charge is 0.407 e. The second-order valence-corrected chi connectivity index (χ2v) is 13.2. The minimum Gasteiger partial charge on any atom is -0.444 e. The molecular weight excluding hydrogens is 402 g/mol. The Labute approximate surface area is 195 Å². The predicted octanol–water partition coefficient (Wildman–Crippen LogP) is 5.49. The number of alkyl carbamates (subject to hydrolysis) is 1. The molecule has 0 bridgehead atoms. The van der Waals surface area contributed by atoms with E-state index in [1.165, 1.54) is 38.5 Å². The van der Waals surface area contributed by atoms with Crippen LogP contribution in [0, 0.1) is 46.3 Å². The van der Waals surface area contributed by atoms with E-state index in [0.717, 1.165) is 19.3 Å². The number of aliphatic hydroxyl groups is 2. The van der Waals surface area contributed by atoms with Crippen LogP contribution in [0.2, 0.25) is 0 Å². The van der Waals surface area contributed by atoms with Crippen molar-refractivity contribution >= 4 is 6.09 Å². The summed E-state index contributed by atoms with van der Waals surface area (Å²) in [6, 6.07) is 0.156. The van der Waals surface area contributed by atoms with Gasteiger partial charge in [-0.2, -0.15) is 0 Å². The SMILES string of the molecule is C[C@H](C(O)O)C1CCC2C3C(CC[C@@]21C)[C@@]1(C)CCCC[C@@H]1C[C@H]3NC(=O)OC(C)(C)C. The van der Waals surface area contributed by atoms with Crippen LogP contribution in [0.25, 0.3) is 0 Å². The minimum absolute atomic E-state index is 0.107. The van der Waals surface area contributed by atoms with Crippen LogP contribution >= 0.6 is 0 Å². The molecule has 0 radical (unpaired) electrons. The molecule has 5 heteroatoms. The van der Waals surface area contributed by atoms with Crippen molar-refractivity contribution in [1.29, 1.82) is 0 Å². The van der Waals surface area contributed by atoms with E-state index in [2.05, 4.69) is 19.2 Å². The van der Waals surface area contributed by atoms with Crippen molar-refractivity contribution in [3.8, 4) is 0 Å². The van der Waals surface area contributed by atoms with E-state index in [9.17, 15) is 15.0 Å². The molecule has 0 aliphatic heterocycles. The van der Waals surface area contributed by atoms with Crippen molar-refractivity contribution in [3.05, 3.63) is 0 Å². The molecule has 9 atom stereocenters. The summed E-state index contributed by atoms with van der Waals surface area (Å²) in [7, 11) is 0. The normalized spacial score (nSPS) is 44.9. The zero-order valence-electron chi connectivity index (χ0n) is 21.2. The number of fused-ring (bicyclic) bond motifs is 5. The maximum absolute atomic E-state index is 12.9. The maximum Gasteiger partial charge on any atom is 0.407 e. The number of carbonyl (C=O) groups excluding carboxylic acids is 1. The maximum atomic E-state index is 12.9. The van der Waals surface area contributed by atoms with Crippen molar-refractivity contribution in [3.63, 3.8) is 0 Å². The minimum atomic E-state index is -1.25. The average molecular weight is 450 g/mol. The van der Waals surface area contributed by atoms with Crippen molar-refractivity contribution < 1.29 is 19.7 Å². The van der Waals surface area contributed by atoms with Gasteiger partial charge < -0.3 is 20.3 Å². The Morgan fingerprint density at radius 3 is 2.34 bits per heavy atom. The van der Waals surface area contributed by atoms with E-state index < -0.39 is 11.9 Å². The van der Waals surface area contributed by atoms with Gasteiger partial charge in [0.15, 0.2) is 6.29 Å². The molecular formula is C27H47NO4. The molecule has 0 heterocycles. The highest BCUT2D eigenvalue weighted by Gasteiger charge is 2.63. The monoisotopic (exact) mass is 449 g/mol. The van der Waals surface area contributed by atoms with Crippen LogP contribution in [0.5, 0.6) is 0 Å². The number of carbonyl (C=O) groups is 1. The number of hydrogen-bond acceptors (Lipinski definition) is 4. The van der Waals surface area contributed by atoms with Crippen molar-refractivity contribution in [2.45, 2.75) is 117 Å².